The summed E-state index contributed by atoms with van der Waals surface area (Å²) >= 11 is 0. The highest BCUT2D eigenvalue weighted by Crippen LogP contribution is 2.40. The number of para-hydroxylation sites is 1. The molecule has 0 saturated carbocycles. The Labute approximate surface area is 240 Å². The minimum absolute atomic E-state index is 0.266. The molecule has 2 N–H and O–H groups in total. The molecule has 0 bridgehead atoms. The first-order chi connectivity index (χ1) is 18.9. The number of rotatable bonds is 10. The van der Waals surface area contributed by atoms with Crippen LogP contribution in [0.1, 0.15) is 90.0 Å². The molecule has 6 nitrogen and oxygen atoms in total. The lowest BCUT2D eigenvalue weighted by atomic mass is 9.78. The Morgan fingerprint density at radius 3 is 2.10 bits per heavy atom. The highest BCUT2D eigenvalue weighted by Gasteiger charge is 2.27. The van der Waals surface area contributed by atoms with E-state index in [1.54, 1.807) is 13.3 Å². The molecule has 0 aliphatic rings. The van der Waals surface area contributed by atoms with Crippen molar-refractivity contribution in [2.24, 2.45) is 10.1 Å². The van der Waals surface area contributed by atoms with E-state index in [0.29, 0.717) is 23.9 Å². The van der Waals surface area contributed by atoms with Gasteiger partial charge in [0.2, 0.25) is 0 Å². The lowest BCUT2D eigenvalue weighted by molar-refractivity contribution is 0.286. The molecule has 0 spiro atoms. The van der Waals surface area contributed by atoms with E-state index >= 15 is 0 Å². The van der Waals surface area contributed by atoms with Gasteiger partial charge in [-0.1, -0.05) is 79.5 Å². The topological polar surface area (TPSA) is 75.4 Å². The van der Waals surface area contributed by atoms with Crippen molar-refractivity contribution >= 4 is 17.7 Å². The van der Waals surface area contributed by atoms with Crippen molar-refractivity contribution in [3.63, 3.8) is 0 Å². The fourth-order valence-electron chi connectivity index (χ4n) is 4.29. The monoisotopic (exact) mass is 543 g/mol. The first-order valence-electron chi connectivity index (χ1n) is 14.1. The fraction of sp³-hybridized carbons (Fsp3) is 0.412. The first kappa shape index (κ1) is 30.7. The standard InChI is InChI=1S/C34H45N3O3/c1-9-10-14-19-40-29-18-17-24(20-30(29)39-8)23-35-37-32(36-26-15-12-11-13-16-26)25-21-27(33(2,3)4)31(38)28(22-25)34(5,6)7/h11-13,15-18,20-23,38H,9-10,14,19H2,1-8H3,(H,36,37). The minimum Gasteiger partial charge on any atom is -0.507 e. The van der Waals surface area contributed by atoms with Crippen molar-refractivity contribution in [1.29, 1.82) is 0 Å². The molecule has 0 aliphatic heterocycles. The molecule has 0 amide bonds. The SMILES string of the molecule is CCCCCOc1ccc(C=NNC(=Nc2ccccc2)c2cc(C(C)(C)C)c(O)c(C(C)(C)C)c2)cc1OC. The van der Waals surface area contributed by atoms with Gasteiger partial charge in [0.1, 0.15) is 5.75 Å². The van der Waals surface area contributed by atoms with Crippen LogP contribution in [-0.2, 0) is 10.8 Å². The van der Waals surface area contributed by atoms with Gasteiger partial charge in [0.15, 0.2) is 17.3 Å². The number of unbranched alkanes of at least 4 members (excludes halogenated alkanes) is 2. The lowest BCUT2D eigenvalue weighted by Crippen LogP contribution is -2.23. The summed E-state index contributed by atoms with van der Waals surface area (Å²) in [6, 6.07) is 19.5. The van der Waals surface area contributed by atoms with Gasteiger partial charge in [0.05, 0.1) is 25.6 Å². The number of hydrogen-bond acceptors (Lipinski definition) is 5. The second-order valence-corrected chi connectivity index (χ2v) is 12.1. The number of hydrazone groups is 1. The van der Waals surface area contributed by atoms with Gasteiger partial charge < -0.3 is 14.6 Å². The molecule has 214 valence electrons. The van der Waals surface area contributed by atoms with E-state index in [9.17, 15) is 5.11 Å². The number of amidine groups is 1. The average molecular weight is 544 g/mol. The Hall–Kier alpha value is -3.80. The molecular formula is C34H45N3O3. The van der Waals surface area contributed by atoms with Crippen LogP contribution in [0, 0.1) is 0 Å². The number of hydrogen-bond donors (Lipinski definition) is 2. The largest absolute Gasteiger partial charge is 0.507 e. The Kier molecular flexibility index (Phi) is 10.4. The maximum Gasteiger partial charge on any atom is 0.161 e. The maximum atomic E-state index is 11.2. The van der Waals surface area contributed by atoms with Crippen LogP contribution in [0.25, 0.3) is 0 Å². The molecule has 0 atom stereocenters. The summed E-state index contributed by atoms with van der Waals surface area (Å²) in [6.45, 7) is 15.4. The highest BCUT2D eigenvalue weighted by atomic mass is 16.5. The van der Waals surface area contributed by atoms with Crippen LogP contribution in [0.15, 0.2) is 70.8 Å². The van der Waals surface area contributed by atoms with Crippen molar-refractivity contribution in [1.82, 2.24) is 5.43 Å². The second kappa shape index (κ2) is 13.5. The van der Waals surface area contributed by atoms with Gasteiger partial charge in [-0.15, -0.1) is 0 Å². The van der Waals surface area contributed by atoms with Crippen molar-refractivity contribution in [3.8, 4) is 17.2 Å². The molecule has 0 aliphatic carbocycles. The number of aliphatic imine (C=N–C) groups is 1. The molecule has 0 unspecified atom stereocenters. The van der Waals surface area contributed by atoms with E-state index in [4.69, 9.17) is 14.5 Å². The van der Waals surface area contributed by atoms with Crippen molar-refractivity contribution in [3.05, 3.63) is 82.9 Å². The Balaban J connectivity index is 1.98. The minimum atomic E-state index is -0.266. The molecule has 0 fully saturated rings. The quantitative estimate of drug-likeness (QED) is 0.117. The van der Waals surface area contributed by atoms with Gasteiger partial charge in [-0.3, -0.25) is 5.43 Å². The summed E-state index contributed by atoms with van der Waals surface area (Å²) in [4.78, 5) is 4.90. The molecule has 6 heteroatoms. The zero-order valence-corrected chi connectivity index (χ0v) is 25.3. The van der Waals surface area contributed by atoms with E-state index in [1.165, 1.54) is 0 Å². The Morgan fingerprint density at radius 1 is 0.875 bits per heavy atom. The lowest BCUT2D eigenvalue weighted by Gasteiger charge is -2.28. The van der Waals surface area contributed by atoms with Crippen LogP contribution in [0.3, 0.4) is 0 Å². The van der Waals surface area contributed by atoms with Crippen LogP contribution in [0.4, 0.5) is 5.69 Å². The van der Waals surface area contributed by atoms with Gasteiger partial charge in [0.25, 0.3) is 0 Å². The van der Waals surface area contributed by atoms with Gasteiger partial charge in [-0.2, -0.15) is 5.10 Å². The predicted octanol–water partition coefficient (Wildman–Crippen LogP) is 8.27. The molecule has 40 heavy (non-hydrogen) atoms. The molecule has 0 radical (unpaired) electrons. The van der Waals surface area contributed by atoms with E-state index in [0.717, 1.165) is 53.0 Å². The van der Waals surface area contributed by atoms with E-state index in [1.807, 2.05) is 60.7 Å². The van der Waals surface area contributed by atoms with Crippen LogP contribution in [0.5, 0.6) is 17.2 Å². The number of nitrogens with one attached hydrogen (secondary N) is 1. The first-order valence-corrected chi connectivity index (χ1v) is 14.1. The third-order valence-electron chi connectivity index (χ3n) is 6.57. The molecule has 3 aromatic carbocycles. The van der Waals surface area contributed by atoms with Crippen molar-refractivity contribution in [2.75, 3.05) is 13.7 Å². The number of benzene rings is 3. The van der Waals surface area contributed by atoms with E-state index in [-0.39, 0.29) is 10.8 Å². The summed E-state index contributed by atoms with van der Waals surface area (Å²) in [5, 5.41) is 15.8. The van der Waals surface area contributed by atoms with Gasteiger partial charge in [-0.25, -0.2) is 4.99 Å². The number of nitrogens with zero attached hydrogens (tertiary/aromatic N) is 2. The number of aromatic hydroxyl groups is 1. The molecule has 3 rings (SSSR count). The summed E-state index contributed by atoms with van der Waals surface area (Å²) in [7, 11) is 1.64. The van der Waals surface area contributed by atoms with E-state index in [2.05, 4.69) is 59.0 Å². The normalized spacial score (nSPS) is 12.6. The number of phenolic OH excluding ortho intramolecular Hbond substituents is 1. The highest BCUT2D eigenvalue weighted by molar-refractivity contribution is 6.01. The van der Waals surface area contributed by atoms with Crippen molar-refractivity contribution in [2.45, 2.75) is 78.6 Å². The summed E-state index contributed by atoms with van der Waals surface area (Å²) < 4.78 is 11.5. The van der Waals surface area contributed by atoms with Crippen LogP contribution in [-0.4, -0.2) is 30.9 Å². The Morgan fingerprint density at radius 2 is 1.52 bits per heavy atom. The Bertz CT molecular complexity index is 1280. The zero-order valence-electron chi connectivity index (χ0n) is 25.3. The molecule has 0 heterocycles. The fourth-order valence-corrected chi connectivity index (χ4v) is 4.29. The third kappa shape index (κ3) is 8.35. The summed E-state index contributed by atoms with van der Waals surface area (Å²) in [6.07, 6.45) is 5.04. The van der Waals surface area contributed by atoms with Gasteiger partial charge >= 0.3 is 0 Å². The van der Waals surface area contributed by atoms with Crippen LogP contribution >= 0.6 is 0 Å². The zero-order chi connectivity index (χ0) is 29.3. The molecule has 3 aromatic rings. The van der Waals surface area contributed by atoms with Crippen LogP contribution in [0.2, 0.25) is 0 Å². The molecular weight excluding hydrogens is 498 g/mol. The predicted molar refractivity (Wildman–Crippen MR) is 167 cm³/mol. The van der Waals surface area contributed by atoms with E-state index < -0.39 is 0 Å². The number of phenols is 1. The maximum absolute atomic E-state index is 11.2. The molecule has 0 aromatic heterocycles. The number of ether oxygens (including phenoxy) is 2. The van der Waals surface area contributed by atoms with Crippen LogP contribution < -0.4 is 14.9 Å². The summed E-state index contributed by atoms with van der Waals surface area (Å²) in [5.41, 5.74) is 6.88. The third-order valence-corrected chi connectivity index (χ3v) is 6.57. The van der Waals surface area contributed by atoms with Crippen molar-refractivity contribution < 1.29 is 14.6 Å². The smallest absolute Gasteiger partial charge is 0.161 e. The average Bonchev–Trinajstić information content (AvgIpc) is 2.90. The molecule has 0 saturated heterocycles. The van der Waals surface area contributed by atoms with Gasteiger partial charge in [0, 0.05) is 16.7 Å². The second-order valence-electron chi connectivity index (χ2n) is 12.1. The summed E-state index contributed by atoms with van der Waals surface area (Å²) in [5.74, 6) is 2.31. The number of methoxy groups -OCH3 is 1. The van der Waals surface area contributed by atoms with Gasteiger partial charge in [-0.05, 0) is 65.3 Å².